The van der Waals surface area contributed by atoms with Gasteiger partial charge < -0.3 is 14.7 Å². The zero-order valence-corrected chi connectivity index (χ0v) is 12.6. The summed E-state index contributed by atoms with van der Waals surface area (Å²) < 4.78 is 5.00. The molecule has 0 heterocycles. The zero-order valence-electron chi connectivity index (χ0n) is 11.8. The van der Waals surface area contributed by atoms with E-state index in [4.69, 9.17) is 16.3 Å². The van der Waals surface area contributed by atoms with Crippen LogP contribution in [0.1, 0.15) is 15.9 Å². The fourth-order valence-electron chi connectivity index (χ4n) is 1.98. The Morgan fingerprint density at radius 1 is 1.29 bits per heavy atom. The molecule has 0 saturated carbocycles. The molecule has 0 atom stereocenters. The smallest absolute Gasteiger partial charge is 0.257 e. The van der Waals surface area contributed by atoms with Crippen LogP contribution < -0.4 is 4.74 Å². The van der Waals surface area contributed by atoms with Gasteiger partial charge in [0.05, 0.1) is 12.7 Å². The number of ether oxygens (including phenoxy) is 1. The van der Waals surface area contributed by atoms with Crippen molar-refractivity contribution in [3.63, 3.8) is 0 Å². The van der Waals surface area contributed by atoms with E-state index >= 15 is 0 Å². The van der Waals surface area contributed by atoms with E-state index in [1.165, 1.54) is 18.1 Å². The van der Waals surface area contributed by atoms with Gasteiger partial charge in [-0.1, -0.05) is 29.8 Å². The van der Waals surface area contributed by atoms with Gasteiger partial charge in [0.2, 0.25) is 0 Å². The van der Waals surface area contributed by atoms with Gasteiger partial charge in [0, 0.05) is 24.7 Å². The molecule has 0 aliphatic rings. The summed E-state index contributed by atoms with van der Waals surface area (Å²) in [5.74, 6) is 0.109. The van der Waals surface area contributed by atoms with Gasteiger partial charge in [-0.15, -0.1) is 0 Å². The number of aromatic hydroxyl groups is 1. The Kier molecular flexibility index (Phi) is 4.70. The lowest BCUT2D eigenvalue weighted by Gasteiger charge is -2.19. The highest BCUT2D eigenvalue weighted by Crippen LogP contribution is 2.25. The molecule has 2 rings (SSSR count). The van der Waals surface area contributed by atoms with Gasteiger partial charge in [-0.2, -0.15) is 0 Å². The number of halogens is 1. The number of hydrogen-bond acceptors (Lipinski definition) is 3. The van der Waals surface area contributed by atoms with E-state index in [1.54, 1.807) is 25.2 Å². The molecule has 0 aliphatic carbocycles. The second-order valence-electron chi connectivity index (χ2n) is 4.64. The van der Waals surface area contributed by atoms with Gasteiger partial charge in [0.1, 0.15) is 11.5 Å². The molecule has 21 heavy (non-hydrogen) atoms. The molecule has 0 radical (unpaired) electrons. The van der Waals surface area contributed by atoms with Crippen molar-refractivity contribution in [2.24, 2.45) is 0 Å². The van der Waals surface area contributed by atoms with E-state index in [-0.39, 0.29) is 17.2 Å². The highest BCUT2D eigenvalue weighted by Gasteiger charge is 2.17. The summed E-state index contributed by atoms with van der Waals surface area (Å²) in [6.45, 7) is 0.365. The van der Waals surface area contributed by atoms with Crippen molar-refractivity contribution in [1.82, 2.24) is 4.90 Å². The molecular weight excluding hydrogens is 290 g/mol. The van der Waals surface area contributed by atoms with Crippen molar-refractivity contribution in [3.05, 3.63) is 58.6 Å². The number of hydrogen-bond donors (Lipinski definition) is 1. The predicted molar refractivity (Wildman–Crippen MR) is 81.9 cm³/mol. The first-order valence-electron chi connectivity index (χ1n) is 6.39. The molecule has 5 heteroatoms. The van der Waals surface area contributed by atoms with Gasteiger partial charge in [-0.3, -0.25) is 4.79 Å². The van der Waals surface area contributed by atoms with Crippen LogP contribution in [0.3, 0.4) is 0 Å². The number of nitrogens with zero attached hydrogens (tertiary/aromatic N) is 1. The van der Waals surface area contributed by atoms with Crippen LogP contribution in [0.2, 0.25) is 5.02 Å². The maximum atomic E-state index is 12.4. The molecule has 0 aliphatic heterocycles. The van der Waals surface area contributed by atoms with Crippen LogP contribution in [0, 0.1) is 0 Å². The van der Waals surface area contributed by atoms with Crippen LogP contribution in [-0.4, -0.2) is 30.1 Å². The standard InChI is InChI=1S/C16H16ClNO3/c1-18(10-11-5-3-4-6-14(11)17)16(20)13-8-7-12(21-2)9-15(13)19/h3-9,19H,10H2,1-2H3. The third-order valence-electron chi connectivity index (χ3n) is 3.15. The van der Waals surface area contributed by atoms with Crippen LogP contribution >= 0.6 is 11.6 Å². The Bertz CT molecular complexity index is 658. The lowest BCUT2D eigenvalue weighted by Crippen LogP contribution is -2.26. The zero-order chi connectivity index (χ0) is 15.4. The average Bonchev–Trinajstić information content (AvgIpc) is 2.48. The van der Waals surface area contributed by atoms with Gasteiger partial charge in [-0.05, 0) is 23.8 Å². The molecule has 4 nitrogen and oxygen atoms in total. The summed E-state index contributed by atoms with van der Waals surface area (Å²) in [4.78, 5) is 13.9. The molecule has 2 aromatic carbocycles. The maximum Gasteiger partial charge on any atom is 0.257 e. The van der Waals surface area contributed by atoms with Crippen LogP contribution in [0.4, 0.5) is 0 Å². The summed E-state index contributed by atoms with van der Waals surface area (Å²) >= 11 is 6.09. The third kappa shape index (κ3) is 3.47. The molecule has 0 aromatic heterocycles. The van der Waals surface area contributed by atoms with E-state index < -0.39 is 0 Å². The fourth-order valence-corrected chi connectivity index (χ4v) is 2.17. The van der Waals surface area contributed by atoms with Gasteiger partial charge >= 0.3 is 0 Å². The number of methoxy groups -OCH3 is 1. The lowest BCUT2D eigenvalue weighted by atomic mass is 10.1. The highest BCUT2D eigenvalue weighted by molar-refractivity contribution is 6.31. The minimum absolute atomic E-state index is 0.106. The summed E-state index contributed by atoms with van der Waals surface area (Å²) in [7, 11) is 3.16. The fraction of sp³-hybridized carbons (Fsp3) is 0.188. The van der Waals surface area contributed by atoms with Crippen molar-refractivity contribution in [3.8, 4) is 11.5 Å². The van der Waals surface area contributed by atoms with E-state index in [0.717, 1.165) is 5.56 Å². The Labute approximate surface area is 128 Å². The van der Waals surface area contributed by atoms with E-state index in [2.05, 4.69) is 0 Å². The molecule has 0 bridgehead atoms. The Morgan fingerprint density at radius 3 is 2.62 bits per heavy atom. The maximum absolute atomic E-state index is 12.4. The van der Waals surface area contributed by atoms with Crippen molar-refractivity contribution in [2.45, 2.75) is 6.54 Å². The molecule has 2 aromatic rings. The topological polar surface area (TPSA) is 49.8 Å². The molecule has 1 amide bonds. The van der Waals surface area contributed by atoms with Crippen molar-refractivity contribution in [1.29, 1.82) is 0 Å². The molecular formula is C16H16ClNO3. The molecule has 0 unspecified atom stereocenters. The predicted octanol–water partition coefficient (Wildman–Crippen LogP) is 3.33. The number of carbonyl (C=O) groups excluding carboxylic acids is 1. The highest BCUT2D eigenvalue weighted by atomic mass is 35.5. The monoisotopic (exact) mass is 305 g/mol. The van der Waals surface area contributed by atoms with Crippen LogP contribution in [0.25, 0.3) is 0 Å². The quantitative estimate of drug-likeness (QED) is 0.942. The first-order chi connectivity index (χ1) is 10.0. The number of rotatable bonds is 4. The summed E-state index contributed by atoms with van der Waals surface area (Å²) in [6, 6.07) is 11.9. The van der Waals surface area contributed by atoms with Crippen LogP contribution in [0.5, 0.6) is 11.5 Å². The van der Waals surface area contributed by atoms with E-state index in [1.807, 2.05) is 18.2 Å². The second-order valence-corrected chi connectivity index (χ2v) is 5.04. The first-order valence-corrected chi connectivity index (χ1v) is 6.76. The van der Waals surface area contributed by atoms with E-state index in [0.29, 0.717) is 17.3 Å². The van der Waals surface area contributed by atoms with Crippen molar-refractivity contribution >= 4 is 17.5 Å². The second kappa shape index (κ2) is 6.50. The summed E-state index contributed by atoms with van der Waals surface area (Å²) in [5.41, 5.74) is 1.08. The van der Waals surface area contributed by atoms with Gasteiger partial charge in [-0.25, -0.2) is 0 Å². The minimum Gasteiger partial charge on any atom is -0.507 e. The minimum atomic E-state index is -0.282. The third-order valence-corrected chi connectivity index (χ3v) is 3.52. The molecule has 0 spiro atoms. The van der Waals surface area contributed by atoms with Gasteiger partial charge in [0.25, 0.3) is 5.91 Å². The van der Waals surface area contributed by atoms with Gasteiger partial charge in [0.15, 0.2) is 0 Å². The Morgan fingerprint density at radius 2 is 2.00 bits per heavy atom. The number of amides is 1. The average molecular weight is 306 g/mol. The SMILES string of the molecule is COc1ccc(C(=O)N(C)Cc2ccccc2Cl)c(O)c1. The molecule has 0 saturated heterocycles. The first kappa shape index (κ1) is 15.2. The molecule has 1 N–H and O–H groups in total. The Hall–Kier alpha value is -2.20. The summed E-state index contributed by atoms with van der Waals surface area (Å²) in [6.07, 6.45) is 0. The molecule has 110 valence electrons. The molecule has 0 fully saturated rings. The number of carbonyl (C=O) groups is 1. The van der Waals surface area contributed by atoms with Crippen LogP contribution in [-0.2, 0) is 6.54 Å². The number of phenols is 1. The number of benzene rings is 2. The Balaban J connectivity index is 2.18. The van der Waals surface area contributed by atoms with Crippen molar-refractivity contribution in [2.75, 3.05) is 14.2 Å². The largest absolute Gasteiger partial charge is 0.507 e. The summed E-state index contributed by atoms with van der Waals surface area (Å²) in [5, 5.41) is 10.5. The number of phenolic OH excluding ortho intramolecular Hbond substituents is 1. The van der Waals surface area contributed by atoms with Crippen LogP contribution in [0.15, 0.2) is 42.5 Å². The normalized spacial score (nSPS) is 10.2. The lowest BCUT2D eigenvalue weighted by molar-refractivity contribution is 0.0782. The van der Waals surface area contributed by atoms with Crippen molar-refractivity contribution < 1.29 is 14.6 Å². The van der Waals surface area contributed by atoms with E-state index in [9.17, 15) is 9.90 Å².